The zero-order chi connectivity index (χ0) is 24.3. The Labute approximate surface area is 202 Å². The molecule has 1 unspecified atom stereocenters. The lowest BCUT2D eigenvalue weighted by atomic mass is 10.1. The van der Waals surface area contributed by atoms with Crippen molar-refractivity contribution in [2.24, 2.45) is 0 Å². The number of hydrogen-bond acceptors (Lipinski definition) is 5. The number of carbonyl (C=O) groups excluding carboxylic acids is 3. The molecule has 8 nitrogen and oxygen atoms in total. The molecular weight excluding hydrogens is 489 g/mol. The van der Waals surface area contributed by atoms with Gasteiger partial charge in [0.05, 0.1) is 15.6 Å². The third kappa shape index (κ3) is 5.15. The molecular formula is C22H23Cl2N3O5S. The van der Waals surface area contributed by atoms with Crippen molar-refractivity contribution in [3.8, 4) is 0 Å². The molecule has 3 amide bonds. The molecule has 0 aliphatic carbocycles. The Morgan fingerprint density at radius 1 is 1.12 bits per heavy atom. The number of nitrogens with one attached hydrogen (secondary N) is 1. The van der Waals surface area contributed by atoms with Gasteiger partial charge in [0.1, 0.15) is 10.9 Å². The van der Waals surface area contributed by atoms with E-state index in [0.717, 1.165) is 0 Å². The molecule has 11 heteroatoms. The normalized spacial score (nSPS) is 15.2. The van der Waals surface area contributed by atoms with Crippen molar-refractivity contribution < 1.29 is 22.8 Å². The summed E-state index contributed by atoms with van der Waals surface area (Å²) in [5.41, 5.74) is 0.722. The van der Waals surface area contributed by atoms with E-state index >= 15 is 0 Å². The molecule has 1 atom stereocenters. The fourth-order valence-corrected chi connectivity index (χ4v) is 5.42. The van der Waals surface area contributed by atoms with E-state index in [0.29, 0.717) is 26.5 Å². The Balaban J connectivity index is 1.80. The molecule has 1 aliphatic rings. The van der Waals surface area contributed by atoms with E-state index in [1.54, 1.807) is 38.1 Å². The van der Waals surface area contributed by atoms with Crippen LogP contribution in [0, 0.1) is 0 Å². The fourth-order valence-electron chi connectivity index (χ4n) is 3.53. The monoisotopic (exact) mass is 511 g/mol. The van der Waals surface area contributed by atoms with Crippen LogP contribution >= 0.6 is 23.2 Å². The van der Waals surface area contributed by atoms with Crippen molar-refractivity contribution in [3.05, 3.63) is 63.6 Å². The van der Waals surface area contributed by atoms with E-state index in [9.17, 15) is 22.8 Å². The third-order valence-corrected chi connectivity index (χ3v) is 7.88. The molecule has 0 saturated heterocycles. The van der Waals surface area contributed by atoms with E-state index in [1.807, 2.05) is 0 Å². The number of sulfonamides is 1. The highest BCUT2D eigenvalue weighted by molar-refractivity contribution is 7.90. The van der Waals surface area contributed by atoms with E-state index in [2.05, 4.69) is 5.32 Å². The van der Waals surface area contributed by atoms with E-state index in [-0.39, 0.29) is 35.9 Å². The first-order valence-electron chi connectivity index (χ1n) is 10.2. The van der Waals surface area contributed by atoms with Crippen LogP contribution in [-0.4, -0.2) is 54.5 Å². The second-order valence-electron chi connectivity index (χ2n) is 7.47. The molecule has 1 aliphatic heterocycles. The van der Waals surface area contributed by atoms with Crippen LogP contribution in [0.1, 0.15) is 36.2 Å². The maximum Gasteiger partial charge on any atom is 0.269 e. The largest absolute Gasteiger partial charge is 0.355 e. The topological polar surface area (TPSA) is 104 Å². The number of halogens is 2. The summed E-state index contributed by atoms with van der Waals surface area (Å²) in [7, 11) is -4.03. The summed E-state index contributed by atoms with van der Waals surface area (Å²) in [5.74, 6) is -1.52. The predicted molar refractivity (Wildman–Crippen MR) is 124 cm³/mol. The summed E-state index contributed by atoms with van der Waals surface area (Å²) in [4.78, 5) is 39.5. The van der Waals surface area contributed by atoms with Gasteiger partial charge in [0.2, 0.25) is 11.8 Å². The lowest BCUT2D eigenvalue weighted by molar-refractivity contribution is -0.140. The van der Waals surface area contributed by atoms with Gasteiger partial charge < -0.3 is 10.2 Å². The highest BCUT2D eigenvalue weighted by atomic mass is 35.5. The van der Waals surface area contributed by atoms with Crippen molar-refractivity contribution in [2.45, 2.75) is 37.8 Å². The number of carbonyl (C=O) groups is 3. The third-order valence-electron chi connectivity index (χ3n) is 5.30. The van der Waals surface area contributed by atoms with Gasteiger partial charge in [-0.25, -0.2) is 12.7 Å². The number of rotatable bonds is 8. The molecule has 0 aromatic heterocycles. The summed E-state index contributed by atoms with van der Waals surface area (Å²) in [6, 6.07) is 9.94. The SMILES string of the molecule is CCNC(=O)C(C)N(Cc1ccc(Cl)c(Cl)c1)C(=O)CCN1C(=O)c2ccccc2S1(=O)=O. The predicted octanol–water partition coefficient (Wildman–Crippen LogP) is 3.08. The Hall–Kier alpha value is -2.62. The van der Waals surface area contributed by atoms with E-state index < -0.39 is 27.9 Å². The van der Waals surface area contributed by atoms with Crippen LogP contribution in [0.2, 0.25) is 10.0 Å². The maximum atomic E-state index is 13.2. The van der Waals surface area contributed by atoms with Crippen LogP contribution in [-0.2, 0) is 26.2 Å². The Kier molecular flexibility index (Phi) is 7.66. The quantitative estimate of drug-likeness (QED) is 0.586. The number of likely N-dealkylation sites (N-methyl/N-ethyl adjacent to an activating group) is 1. The van der Waals surface area contributed by atoms with Gasteiger partial charge in [-0.3, -0.25) is 14.4 Å². The number of amides is 3. The molecule has 0 radical (unpaired) electrons. The average Bonchev–Trinajstić information content (AvgIpc) is 2.98. The second-order valence-corrected chi connectivity index (χ2v) is 10.1. The zero-order valence-electron chi connectivity index (χ0n) is 18.0. The maximum absolute atomic E-state index is 13.2. The molecule has 3 rings (SSSR count). The lowest BCUT2D eigenvalue weighted by Crippen LogP contribution is -2.48. The summed E-state index contributed by atoms with van der Waals surface area (Å²) in [6.45, 7) is 3.44. The first kappa shape index (κ1) is 25.0. The van der Waals surface area contributed by atoms with Gasteiger partial charge in [0, 0.05) is 26.1 Å². The van der Waals surface area contributed by atoms with Crippen molar-refractivity contribution in [2.75, 3.05) is 13.1 Å². The second kappa shape index (κ2) is 10.1. The van der Waals surface area contributed by atoms with Gasteiger partial charge in [0.15, 0.2) is 0 Å². The molecule has 176 valence electrons. The van der Waals surface area contributed by atoms with Crippen molar-refractivity contribution in [1.82, 2.24) is 14.5 Å². The van der Waals surface area contributed by atoms with Gasteiger partial charge in [-0.2, -0.15) is 0 Å². The van der Waals surface area contributed by atoms with Crippen LogP contribution in [0.5, 0.6) is 0 Å². The number of hydrogen-bond donors (Lipinski definition) is 1. The number of nitrogens with zero attached hydrogens (tertiary/aromatic N) is 2. The molecule has 2 aromatic carbocycles. The number of fused-ring (bicyclic) bond motifs is 1. The highest BCUT2D eigenvalue weighted by Crippen LogP contribution is 2.30. The van der Waals surface area contributed by atoms with Gasteiger partial charge in [-0.15, -0.1) is 0 Å². The fraction of sp³-hybridized carbons (Fsp3) is 0.318. The van der Waals surface area contributed by atoms with E-state index in [1.165, 1.54) is 23.1 Å². The van der Waals surface area contributed by atoms with Crippen LogP contribution in [0.15, 0.2) is 47.4 Å². The Bertz CT molecular complexity index is 1200. The first-order valence-corrected chi connectivity index (χ1v) is 12.4. The van der Waals surface area contributed by atoms with Crippen molar-refractivity contribution in [1.29, 1.82) is 0 Å². The Morgan fingerprint density at radius 3 is 2.45 bits per heavy atom. The highest BCUT2D eigenvalue weighted by Gasteiger charge is 2.41. The molecule has 1 heterocycles. The zero-order valence-corrected chi connectivity index (χ0v) is 20.4. The average molecular weight is 512 g/mol. The van der Waals surface area contributed by atoms with Crippen LogP contribution in [0.3, 0.4) is 0 Å². The van der Waals surface area contributed by atoms with Gasteiger partial charge in [-0.1, -0.05) is 41.4 Å². The minimum absolute atomic E-state index is 0.0505. The van der Waals surface area contributed by atoms with E-state index in [4.69, 9.17) is 23.2 Å². The molecule has 33 heavy (non-hydrogen) atoms. The summed E-state index contributed by atoms with van der Waals surface area (Å²) < 4.78 is 26.2. The molecule has 1 N–H and O–H groups in total. The minimum Gasteiger partial charge on any atom is -0.355 e. The smallest absolute Gasteiger partial charge is 0.269 e. The standard InChI is InChI=1S/C22H23Cl2N3O5S/c1-3-25-21(29)14(2)26(13-15-8-9-17(23)18(24)12-15)20(28)10-11-27-22(30)16-6-4-5-7-19(16)33(27,31)32/h4-9,12,14H,3,10-11,13H2,1-2H3,(H,25,29). The number of benzene rings is 2. The van der Waals surface area contributed by atoms with Gasteiger partial charge >= 0.3 is 0 Å². The van der Waals surface area contributed by atoms with Crippen LogP contribution < -0.4 is 5.32 Å². The Morgan fingerprint density at radius 2 is 1.82 bits per heavy atom. The van der Waals surface area contributed by atoms with Crippen molar-refractivity contribution in [3.63, 3.8) is 0 Å². The van der Waals surface area contributed by atoms with Gasteiger partial charge in [-0.05, 0) is 43.7 Å². The molecule has 0 bridgehead atoms. The van der Waals surface area contributed by atoms with Crippen LogP contribution in [0.4, 0.5) is 0 Å². The molecule has 2 aromatic rings. The summed E-state index contributed by atoms with van der Waals surface area (Å²) >= 11 is 12.0. The lowest BCUT2D eigenvalue weighted by Gasteiger charge is -2.29. The first-order chi connectivity index (χ1) is 15.6. The summed E-state index contributed by atoms with van der Waals surface area (Å²) in [6.07, 6.45) is -0.288. The molecule has 0 saturated carbocycles. The minimum atomic E-state index is -4.03. The van der Waals surface area contributed by atoms with Gasteiger partial charge in [0.25, 0.3) is 15.9 Å². The molecule has 0 fully saturated rings. The van der Waals surface area contributed by atoms with Crippen molar-refractivity contribution >= 4 is 50.9 Å². The summed E-state index contributed by atoms with van der Waals surface area (Å²) in [5, 5.41) is 3.33. The van der Waals surface area contributed by atoms with Crippen LogP contribution in [0.25, 0.3) is 0 Å². The molecule has 0 spiro atoms.